The first-order valence-corrected chi connectivity index (χ1v) is 9.67. The molecule has 1 N–H and O–H groups in total. The highest BCUT2D eigenvalue weighted by Gasteiger charge is 2.40. The van der Waals surface area contributed by atoms with Crippen LogP contribution >= 0.6 is 0 Å². The number of hydrogen-bond acceptors (Lipinski definition) is 5. The summed E-state index contributed by atoms with van der Waals surface area (Å²) in [6.45, 7) is 9.65. The van der Waals surface area contributed by atoms with Gasteiger partial charge >= 0.3 is 11.9 Å². The second-order valence-electron chi connectivity index (χ2n) is 6.51. The Morgan fingerprint density at radius 2 is 1.46 bits per heavy atom. The number of rotatable bonds is 15. The van der Waals surface area contributed by atoms with Crippen molar-refractivity contribution in [2.75, 3.05) is 13.2 Å². The molecule has 150 valence electrons. The van der Waals surface area contributed by atoms with Crippen molar-refractivity contribution in [2.24, 2.45) is 0 Å². The summed E-state index contributed by atoms with van der Waals surface area (Å²) >= 11 is 0. The lowest BCUT2D eigenvalue weighted by Crippen LogP contribution is -2.54. The van der Waals surface area contributed by atoms with Crippen LogP contribution in [0.1, 0.15) is 78.6 Å². The lowest BCUT2D eigenvalue weighted by molar-refractivity contribution is -0.157. The molecular formula is C20H35NO5. The average molecular weight is 370 g/mol. The van der Waals surface area contributed by atoms with Gasteiger partial charge in [-0.15, -0.1) is 6.58 Å². The molecule has 0 aromatic rings. The van der Waals surface area contributed by atoms with Gasteiger partial charge in [0.2, 0.25) is 5.91 Å². The molecule has 0 aromatic heterocycles. The summed E-state index contributed by atoms with van der Waals surface area (Å²) in [6.07, 6.45) is 8.74. The molecule has 6 nitrogen and oxygen atoms in total. The van der Waals surface area contributed by atoms with Crippen LogP contribution in [0.3, 0.4) is 0 Å². The van der Waals surface area contributed by atoms with E-state index in [-0.39, 0.29) is 13.0 Å². The van der Waals surface area contributed by atoms with Crippen LogP contribution in [-0.4, -0.2) is 36.6 Å². The number of unbranched alkanes of at least 4 members (excludes halogenated alkanes) is 6. The highest BCUT2D eigenvalue weighted by molar-refractivity contribution is 5.93. The Kier molecular flexibility index (Phi) is 13.3. The van der Waals surface area contributed by atoms with E-state index in [1.165, 1.54) is 13.0 Å². The molecule has 1 atom stereocenters. The van der Waals surface area contributed by atoms with E-state index in [0.717, 1.165) is 51.4 Å². The topological polar surface area (TPSA) is 81.7 Å². The zero-order valence-corrected chi connectivity index (χ0v) is 16.6. The van der Waals surface area contributed by atoms with Crippen LogP contribution in [0, 0.1) is 0 Å². The molecule has 26 heavy (non-hydrogen) atoms. The van der Waals surface area contributed by atoms with Crippen molar-refractivity contribution < 1.29 is 23.9 Å². The molecule has 0 aliphatic carbocycles. The molecule has 0 saturated heterocycles. The van der Waals surface area contributed by atoms with Crippen LogP contribution in [0.5, 0.6) is 0 Å². The Bertz CT molecular complexity index is 449. The van der Waals surface area contributed by atoms with Crippen molar-refractivity contribution in [3.8, 4) is 0 Å². The van der Waals surface area contributed by atoms with Crippen molar-refractivity contribution >= 4 is 17.8 Å². The molecule has 0 heterocycles. The third-order valence-corrected chi connectivity index (χ3v) is 4.03. The first-order chi connectivity index (χ1) is 12.4. The summed E-state index contributed by atoms with van der Waals surface area (Å²) < 4.78 is 10.5. The van der Waals surface area contributed by atoms with Gasteiger partial charge in [-0.3, -0.25) is 9.59 Å². The number of esters is 2. The SMILES string of the molecule is C=CC(CC(=O)OCCCCCC)(NC(C)=O)C(=O)OCCCCCC. The Balaban J connectivity index is 4.69. The quantitative estimate of drug-likeness (QED) is 0.270. The van der Waals surface area contributed by atoms with E-state index in [0.29, 0.717) is 6.61 Å². The maximum atomic E-state index is 12.5. The molecule has 1 amide bonds. The van der Waals surface area contributed by atoms with Crippen LogP contribution in [0.2, 0.25) is 0 Å². The van der Waals surface area contributed by atoms with Crippen LogP contribution in [0.25, 0.3) is 0 Å². The lowest BCUT2D eigenvalue weighted by Gasteiger charge is -2.28. The Hall–Kier alpha value is -1.85. The highest BCUT2D eigenvalue weighted by atomic mass is 16.5. The first kappa shape index (κ1) is 24.1. The molecule has 0 fully saturated rings. The molecule has 0 aliphatic rings. The van der Waals surface area contributed by atoms with Gasteiger partial charge in [0.15, 0.2) is 5.54 Å². The zero-order chi connectivity index (χ0) is 19.8. The van der Waals surface area contributed by atoms with Crippen LogP contribution < -0.4 is 5.32 Å². The number of carbonyl (C=O) groups excluding carboxylic acids is 3. The maximum absolute atomic E-state index is 12.5. The molecule has 0 aromatic carbocycles. The average Bonchev–Trinajstić information content (AvgIpc) is 2.60. The minimum Gasteiger partial charge on any atom is -0.466 e. The van der Waals surface area contributed by atoms with Gasteiger partial charge in [0.05, 0.1) is 19.6 Å². The summed E-state index contributed by atoms with van der Waals surface area (Å²) in [5.41, 5.74) is -1.59. The molecule has 0 bridgehead atoms. The second-order valence-corrected chi connectivity index (χ2v) is 6.51. The summed E-state index contributed by atoms with van der Waals surface area (Å²) in [5, 5.41) is 2.50. The van der Waals surface area contributed by atoms with Gasteiger partial charge in [-0.05, 0) is 12.8 Å². The van der Waals surface area contributed by atoms with Gasteiger partial charge < -0.3 is 14.8 Å². The van der Waals surface area contributed by atoms with Gasteiger partial charge in [0.1, 0.15) is 0 Å². The smallest absolute Gasteiger partial charge is 0.336 e. The minimum atomic E-state index is -1.59. The second kappa shape index (κ2) is 14.3. The van der Waals surface area contributed by atoms with E-state index >= 15 is 0 Å². The van der Waals surface area contributed by atoms with Gasteiger partial charge in [-0.25, -0.2) is 4.79 Å². The molecule has 1 unspecified atom stereocenters. The summed E-state index contributed by atoms with van der Waals surface area (Å²) in [4.78, 5) is 36.2. The highest BCUT2D eigenvalue weighted by Crippen LogP contribution is 2.17. The van der Waals surface area contributed by atoms with Gasteiger partial charge in [-0.2, -0.15) is 0 Å². The predicted molar refractivity (Wildman–Crippen MR) is 102 cm³/mol. The predicted octanol–water partition coefficient (Wildman–Crippen LogP) is 3.68. The summed E-state index contributed by atoms with van der Waals surface area (Å²) in [7, 11) is 0. The van der Waals surface area contributed by atoms with Crippen molar-refractivity contribution in [3.05, 3.63) is 12.7 Å². The summed E-state index contributed by atoms with van der Waals surface area (Å²) in [6, 6.07) is 0. The third-order valence-electron chi connectivity index (χ3n) is 4.03. The summed E-state index contributed by atoms with van der Waals surface area (Å²) in [5.74, 6) is -1.68. The minimum absolute atomic E-state index is 0.250. The van der Waals surface area contributed by atoms with Gasteiger partial charge in [-0.1, -0.05) is 58.4 Å². The van der Waals surface area contributed by atoms with E-state index in [1.54, 1.807) is 0 Å². The molecule has 0 spiro atoms. The largest absolute Gasteiger partial charge is 0.466 e. The fourth-order valence-electron chi connectivity index (χ4n) is 2.50. The molecule has 0 saturated carbocycles. The number of ether oxygens (including phenoxy) is 2. The molecule has 0 radical (unpaired) electrons. The fraction of sp³-hybridized carbons (Fsp3) is 0.750. The Morgan fingerprint density at radius 3 is 1.92 bits per heavy atom. The van der Waals surface area contributed by atoms with E-state index in [1.807, 2.05) is 0 Å². The maximum Gasteiger partial charge on any atom is 0.336 e. The molecule has 0 aliphatic heterocycles. The van der Waals surface area contributed by atoms with Crippen LogP contribution in [0.15, 0.2) is 12.7 Å². The van der Waals surface area contributed by atoms with Gasteiger partial charge in [0, 0.05) is 6.92 Å². The van der Waals surface area contributed by atoms with E-state index < -0.39 is 23.4 Å². The standard InChI is InChI=1S/C20H35NO5/c1-5-8-10-12-14-25-18(23)16-20(7-3,21-17(4)22)19(24)26-15-13-11-9-6-2/h7H,3,5-6,8-16H2,1-2,4H3,(H,21,22). The van der Waals surface area contributed by atoms with Gasteiger partial charge in [0.25, 0.3) is 0 Å². The number of nitrogens with one attached hydrogen (secondary N) is 1. The molecule has 6 heteroatoms. The molecule has 0 rings (SSSR count). The Morgan fingerprint density at radius 1 is 0.923 bits per heavy atom. The van der Waals surface area contributed by atoms with E-state index in [2.05, 4.69) is 25.7 Å². The van der Waals surface area contributed by atoms with Crippen LogP contribution in [0.4, 0.5) is 0 Å². The normalized spacial score (nSPS) is 12.7. The van der Waals surface area contributed by atoms with Crippen molar-refractivity contribution in [1.29, 1.82) is 0 Å². The monoisotopic (exact) mass is 369 g/mol. The molecular weight excluding hydrogens is 334 g/mol. The van der Waals surface area contributed by atoms with Crippen molar-refractivity contribution in [2.45, 2.75) is 84.1 Å². The zero-order valence-electron chi connectivity index (χ0n) is 16.6. The Labute approximate surface area is 157 Å². The fourth-order valence-corrected chi connectivity index (χ4v) is 2.50. The number of carbonyl (C=O) groups is 3. The third kappa shape index (κ3) is 10.2. The van der Waals surface area contributed by atoms with Crippen molar-refractivity contribution in [3.63, 3.8) is 0 Å². The first-order valence-electron chi connectivity index (χ1n) is 9.67. The van der Waals surface area contributed by atoms with E-state index in [9.17, 15) is 14.4 Å². The lowest BCUT2D eigenvalue weighted by atomic mass is 9.95. The number of hydrogen-bond donors (Lipinski definition) is 1. The van der Waals surface area contributed by atoms with E-state index in [4.69, 9.17) is 9.47 Å². The van der Waals surface area contributed by atoms with Crippen LogP contribution in [-0.2, 0) is 23.9 Å². The van der Waals surface area contributed by atoms with Crippen molar-refractivity contribution in [1.82, 2.24) is 5.32 Å². The number of amides is 1.